The van der Waals surface area contributed by atoms with Gasteiger partial charge in [0.25, 0.3) is 0 Å². The first-order chi connectivity index (χ1) is 11.2. The van der Waals surface area contributed by atoms with E-state index in [1.807, 2.05) is 0 Å². The summed E-state index contributed by atoms with van der Waals surface area (Å²) in [6.45, 7) is 8.69. The maximum absolute atomic E-state index is 4.70. The zero-order chi connectivity index (χ0) is 16.7. The maximum Gasteiger partial charge on any atom is -0.0305 e. The normalized spacial score (nSPS) is 11.1. The lowest BCUT2D eigenvalue weighted by atomic mass is 10.0. The van der Waals surface area contributed by atoms with Crippen molar-refractivity contribution in [3.05, 3.63) is 64.0 Å². The Hall–Kier alpha value is -2.09. The van der Waals surface area contributed by atoms with Crippen LogP contribution in [0.5, 0.6) is 0 Å². The van der Waals surface area contributed by atoms with Crippen LogP contribution in [0.15, 0.2) is 41.4 Å². The molecule has 0 saturated carbocycles. The molecule has 2 aromatic carbocycles. The molecule has 0 radical (unpaired) electrons. The molecule has 0 bridgehead atoms. The van der Waals surface area contributed by atoms with Gasteiger partial charge in [0, 0.05) is 0 Å². The van der Waals surface area contributed by atoms with Gasteiger partial charge in [0.05, 0.1) is 0 Å². The van der Waals surface area contributed by atoms with Crippen LogP contribution in [0, 0.1) is 0 Å². The van der Waals surface area contributed by atoms with Crippen LogP contribution in [0.25, 0.3) is 5.32 Å². The van der Waals surface area contributed by atoms with Crippen molar-refractivity contribution in [1.29, 1.82) is 0 Å². The van der Waals surface area contributed by atoms with Gasteiger partial charge in [-0.25, -0.2) is 0 Å². The third kappa shape index (κ3) is 4.01. The largest absolute Gasteiger partial charge is 0.443 e. The average Bonchev–Trinajstić information content (AvgIpc) is 2.61. The van der Waals surface area contributed by atoms with Crippen LogP contribution < -0.4 is 0 Å². The summed E-state index contributed by atoms with van der Waals surface area (Å²) in [4.78, 5) is 4.70. The molecule has 0 saturated heterocycles. The standard InChI is InChI=1S/C21H27N2/c1-5-16-11-9-12-17(6-2)20(16)22-15-23-21-18(7-3)13-10-14-19(21)8-4/h9-15H,5-8H2,1-4H3/q-1. The average molecular weight is 307 g/mol. The van der Waals surface area contributed by atoms with Crippen LogP contribution >= 0.6 is 0 Å². The lowest BCUT2D eigenvalue weighted by molar-refractivity contribution is 1.08. The van der Waals surface area contributed by atoms with E-state index in [1.54, 1.807) is 6.34 Å². The van der Waals surface area contributed by atoms with Crippen molar-refractivity contribution >= 4 is 17.7 Å². The van der Waals surface area contributed by atoms with E-state index in [4.69, 9.17) is 10.3 Å². The van der Waals surface area contributed by atoms with E-state index in [1.165, 1.54) is 22.3 Å². The molecule has 2 aromatic rings. The molecule has 0 heterocycles. The predicted octanol–water partition coefficient (Wildman–Crippen LogP) is 6.30. The Labute approximate surface area is 140 Å². The van der Waals surface area contributed by atoms with Gasteiger partial charge in [-0.2, -0.15) is 0 Å². The fourth-order valence-electron chi connectivity index (χ4n) is 2.91. The first-order valence-corrected chi connectivity index (χ1v) is 8.69. The first kappa shape index (κ1) is 17.3. The second kappa shape index (κ2) is 8.52. The van der Waals surface area contributed by atoms with Gasteiger partial charge < -0.3 is 10.3 Å². The maximum atomic E-state index is 4.70. The van der Waals surface area contributed by atoms with Crippen LogP contribution in [0.1, 0.15) is 49.9 Å². The predicted molar refractivity (Wildman–Crippen MR) is 102 cm³/mol. The molecule has 2 rings (SSSR count). The fourth-order valence-corrected chi connectivity index (χ4v) is 2.91. The minimum atomic E-state index is 0.992. The minimum absolute atomic E-state index is 0.992. The summed E-state index contributed by atoms with van der Waals surface area (Å²) in [5.41, 5.74) is 7.33. The zero-order valence-corrected chi connectivity index (χ0v) is 14.8. The van der Waals surface area contributed by atoms with Crippen LogP contribution in [-0.4, -0.2) is 6.34 Å². The summed E-state index contributed by atoms with van der Waals surface area (Å²) in [6, 6.07) is 12.9. The number of aliphatic imine (C=N–C) groups is 1. The Kier molecular flexibility index (Phi) is 6.40. The number of rotatable bonds is 7. The van der Waals surface area contributed by atoms with E-state index in [2.05, 4.69) is 64.1 Å². The number of nitrogens with zero attached hydrogens (tertiary/aromatic N) is 2. The third-order valence-electron chi connectivity index (χ3n) is 4.30. The van der Waals surface area contributed by atoms with Gasteiger partial charge in [0.2, 0.25) is 0 Å². The highest BCUT2D eigenvalue weighted by molar-refractivity contribution is 5.87. The molecule has 0 amide bonds. The molecule has 0 aliphatic rings. The van der Waals surface area contributed by atoms with Gasteiger partial charge in [-0.15, -0.1) is 0 Å². The van der Waals surface area contributed by atoms with Crippen molar-refractivity contribution in [3.63, 3.8) is 0 Å². The summed E-state index contributed by atoms with van der Waals surface area (Å²) in [7, 11) is 0. The van der Waals surface area contributed by atoms with Gasteiger partial charge in [-0.3, -0.25) is 0 Å². The molecule has 0 fully saturated rings. The van der Waals surface area contributed by atoms with E-state index < -0.39 is 0 Å². The Morgan fingerprint density at radius 3 is 1.61 bits per heavy atom. The topological polar surface area (TPSA) is 26.5 Å². The second-order valence-corrected chi connectivity index (χ2v) is 5.64. The molecule has 122 valence electrons. The lowest BCUT2D eigenvalue weighted by Crippen LogP contribution is -1.91. The minimum Gasteiger partial charge on any atom is -0.443 e. The lowest BCUT2D eigenvalue weighted by Gasteiger charge is -2.19. The van der Waals surface area contributed by atoms with Crippen LogP contribution in [0.4, 0.5) is 11.4 Å². The quantitative estimate of drug-likeness (QED) is 0.424. The summed E-state index contributed by atoms with van der Waals surface area (Å²) in [5.74, 6) is 0. The smallest absolute Gasteiger partial charge is 0.0305 e. The zero-order valence-electron chi connectivity index (χ0n) is 14.8. The number of hydrogen-bond acceptors (Lipinski definition) is 1. The molecule has 0 N–H and O–H groups in total. The van der Waals surface area contributed by atoms with Crippen molar-refractivity contribution in [2.75, 3.05) is 0 Å². The molecular formula is C21H27N2-. The molecule has 2 nitrogen and oxygen atoms in total. The van der Waals surface area contributed by atoms with Crippen molar-refractivity contribution in [2.45, 2.75) is 53.4 Å². The molecule has 23 heavy (non-hydrogen) atoms. The Bertz CT molecular complexity index is 627. The van der Waals surface area contributed by atoms with Gasteiger partial charge >= 0.3 is 0 Å². The third-order valence-corrected chi connectivity index (χ3v) is 4.30. The van der Waals surface area contributed by atoms with Gasteiger partial charge in [-0.1, -0.05) is 70.4 Å². The molecular weight excluding hydrogens is 280 g/mol. The van der Waals surface area contributed by atoms with Crippen LogP contribution in [0.3, 0.4) is 0 Å². The van der Waals surface area contributed by atoms with E-state index in [0.717, 1.165) is 37.1 Å². The molecule has 0 aromatic heterocycles. The molecule has 0 spiro atoms. The molecule has 2 heteroatoms. The van der Waals surface area contributed by atoms with Crippen molar-refractivity contribution < 1.29 is 0 Å². The molecule has 0 aliphatic carbocycles. The molecule has 0 unspecified atom stereocenters. The van der Waals surface area contributed by atoms with E-state index >= 15 is 0 Å². The van der Waals surface area contributed by atoms with Crippen LogP contribution in [-0.2, 0) is 25.7 Å². The Morgan fingerprint density at radius 2 is 1.17 bits per heavy atom. The highest BCUT2D eigenvalue weighted by atomic mass is 14.9. The van der Waals surface area contributed by atoms with E-state index in [9.17, 15) is 0 Å². The van der Waals surface area contributed by atoms with Gasteiger partial charge in [-0.05, 0) is 59.3 Å². The number of hydrogen-bond donors (Lipinski definition) is 0. The van der Waals surface area contributed by atoms with Gasteiger partial charge in [0.1, 0.15) is 0 Å². The second-order valence-electron chi connectivity index (χ2n) is 5.64. The fraction of sp³-hybridized carbons (Fsp3) is 0.381. The Balaban J connectivity index is 2.30. The van der Waals surface area contributed by atoms with Crippen molar-refractivity contribution in [1.82, 2.24) is 0 Å². The SMILES string of the molecule is CCc1cccc(CC)c1N=C[N-]c1c(CC)cccc1CC. The van der Waals surface area contributed by atoms with Crippen molar-refractivity contribution in [3.8, 4) is 0 Å². The highest BCUT2D eigenvalue weighted by Crippen LogP contribution is 2.30. The monoisotopic (exact) mass is 307 g/mol. The number of aryl methyl sites for hydroxylation is 4. The van der Waals surface area contributed by atoms with E-state index in [0.29, 0.717) is 0 Å². The molecule has 0 aliphatic heterocycles. The van der Waals surface area contributed by atoms with Crippen molar-refractivity contribution in [2.24, 2.45) is 4.99 Å². The number of para-hydroxylation sites is 2. The molecule has 0 atom stereocenters. The highest BCUT2D eigenvalue weighted by Gasteiger charge is 2.01. The Morgan fingerprint density at radius 1 is 0.739 bits per heavy atom. The van der Waals surface area contributed by atoms with E-state index in [-0.39, 0.29) is 0 Å². The summed E-state index contributed by atoms with van der Waals surface area (Å²) >= 11 is 0. The summed E-state index contributed by atoms with van der Waals surface area (Å²) < 4.78 is 0. The summed E-state index contributed by atoms with van der Waals surface area (Å²) in [6.07, 6.45) is 5.71. The van der Waals surface area contributed by atoms with Crippen LogP contribution in [0.2, 0.25) is 0 Å². The summed E-state index contributed by atoms with van der Waals surface area (Å²) in [5, 5.41) is 4.70. The van der Waals surface area contributed by atoms with Gasteiger partial charge in [0.15, 0.2) is 0 Å². The first-order valence-electron chi connectivity index (χ1n) is 8.69. The number of benzene rings is 2.